The van der Waals surface area contributed by atoms with E-state index in [0.29, 0.717) is 0 Å². The predicted molar refractivity (Wildman–Crippen MR) is 118 cm³/mol. The van der Waals surface area contributed by atoms with E-state index in [9.17, 15) is 56.2 Å². The first-order chi connectivity index (χ1) is 18.4. The Balaban J connectivity index is 1.58. The first kappa shape index (κ1) is 32.8. The quantitative estimate of drug-likeness (QED) is 0.108. The van der Waals surface area contributed by atoms with Crippen LogP contribution in [0.3, 0.4) is 0 Å². The van der Waals surface area contributed by atoms with E-state index in [-0.39, 0.29) is 0 Å². The van der Waals surface area contributed by atoms with Gasteiger partial charge >= 0.3 is 0 Å². The number of hydrogen-bond acceptors (Lipinski definition) is 18. The van der Waals surface area contributed by atoms with Gasteiger partial charge in [0.15, 0.2) is 18.9 Å². The van der Waals surface area contributed by atoms with Crippen LogP contribution >= 0.6 is 0 Å². The van der Waals surface area contributed by atoms with E-state index < -0.39 is 131 Å². The highest BCUT2D eigenvalue weighted by molar-refractivity contribution is 4.93. The molecule has 0 aliphatic carbocycles. The molecule has 0 amide bonds. The summed E-state index contributed by atoms with van der Waals surface area (Å²) in [6, 6.07) is 0. The normalized spacial score (nSPS) is 48.2. The molecule has 1 unspecified atom stereocenters. The largest absolute Gasteiger partial charge is 0.394 e. The molecular formula is C21H38O18. The molecule has 3 saturated heterocycles. The molecule has 0 saturated carbocycles. The summed E-state index contributed by atoms with van der Waals surface area (Å²) < 4.78 is 31.9. The smallest absolute Gasteiger partial charge is 0.186 e. The maximum atomic E-state index is 10.3. The highest BCUT2D eigenvalue weighted by Gasteiger charge is 2.49. The van der Waals surface area contributed by atoms with Gasteiger partial charge in [0.25, 0.3) is 0 Å². The molecule has 3 aliphatic heterocycles. The maximum Gasteiger partial charge on any atom is 0.186 e. The molecule has 3 heterocycles. The highest BCUT2D eigenvalue weighted by atomic mass is 16.7. The monoisotopic (exact) mass is 578 g/mol. The molecule has 18 nitrogen and oxygen atoms in total. The molecule has 0 aromatic rings. The third-order valence-electron chi connectivity index (χ3n) is 6.70. The number of ether oxygens (including phenoxy) is 6. The second kappa shape index (κ2) is 14.4. The fraction of sp³-hybridized carbons (Fsp3) is 1.00. The molecule has 3 rings (SSSR count). The Labute approximate surface area is 221 Å². The van der Waals surface area contributed by atoms with Crippen LogP contribution < -0.4 is 0 Å². The van der Waals surface area contributed by atoms with E-state index in [2.05, 4.69) is 0 Å². The first-order valence-electron chi connectivity index (χ1n) is 12.2. The van der Waals surface area contributed by atoms with Gasteiger partial charge in [0, 0.05) is 0 Å². The molecule has 16 atom stereocenters. The van der Waals surface area contributed by atoms with Gasteiger partial charge in [0.05, 0.1) is 33.0 Å². The molecule has 3 fully saturated rings. The van der Waals surface area contributed by atoms with Crippen molar-refractivity contribution in [2.24, 2.45) is 0 Å². The fourth-order valence-electron chi connectivity index (χ4n) is 4.23. The Hall–Kier alpha value is -0.720. The highest BCUT2D eigenvalue weighted by Crippen LogP contribution is 2.28. The lowest BCUT2D eigenvalue weighted by Crippen LogP contribution is -2.62. The zero-order valence-electron chi connectivity index (χ0n) is 20.6. The van der Waals surface area contributed by atoms with Crippen LogP contribution in [0.25, 0.3) is 0 Å². The van der Waals surface area contributed by atoms with Gasteiger partial charge in [-0.1, -0.05) is 0 Å². The summed E-state index contributed by atoms with van der Waals surface area (Å²) in [4.78, 5) is 0. The summed E-state index contributed by atoms with van der Waals surface area (Å²) >= 11 is 0. The Morgan fingerprint density at radius 1 is 0.487 bits per heavy atom. The third kappa shape index (κ3) is 7.57. The van der Waals surface area contributed by atoms with E-state index in [1.54, 1.807) is 0 Å². The van der Waals surface area contributed by atoms with E-state index in [1.165, 1.54) is 0 Å². The van der Waals surface area contributed by atoms with E-state index in [4.69, 9.17) is 33.5 Å². The zero-order valence-corrected chi connectivity index (χ0v) is 20.6. The van der Waals surface area contributed by atoms with Gasteiger partial charge in [0.1, 0.15) is 79.4 Å². The van der Waals surface area contributed by atoms with Crippen LogP contribution in [0.4, 0.5) is 0 Å². The Kier molecular flexibility index (Phi) is 12.1. The van der Waals surface area contributed by atoms with E-state index in [0.717, 1.165) is 0 Å². The molecule has 3 aliphatic rings. The molecule has 0 radical (unpaired) electrons. The van der Waals surface area contributed by atoms with Crippen molar-refractivity contribution in [1.29, 1.82) is 0 Å². The van der Waals surface area contributed by atoms with Gasteiger partial charge in [-0.25, -0.2) is 0 Å². The van der Waals surface area contributed by atoms with Crippen molar-refractivity contribution in [3.05, 3.63) is 0 Å². The zero-order chi connectivity index (χ0) is 29.0. The predicted octanol–water partition coefficient (Wildman–Crippen LogP) is -8.20. The molecule has 0 aromatic heterocycles. The minimum atomic E-state index is -1.83. The van der Waals surface area contributed by atoms with Crippen molar-refractivity contribution in [3.8, 4) is 0 Å². The van der Waals surface area contributed by atoms with Gasteiger partial charge in [-0.15, -0.1) is 0 Å². The van der Waals surface area contributed by atoms with Crippen LogP contribution in [0.15, 0.2) is 0 Å². The van der Waals surface area contributed by atoms with Crippen LogP contribution in [0.2, 0.25) is 0 Å². The van der Waals surface area contributed by atoms with Crippen molar-refractivity contribution in [3.63, 3.8) is 0 Å². The molecule has 12 N–H and O–H groups in total. The van der Waals surface area contributed by atoms with Crippen LogP contribution in [0, 0.1) is 0 Å². The van der Waals surface area contributed by atoms with Gasteiger partial charge in [-0.2, -0.15) is 0 Å². The van der Waals surface area contributed by atoms with Crippen molar-refractivity contribution in [1.82, 2.24) is 0 Å². The fourth-order valence-corrected chi connectivity index (χ4v) is 4.23. The van der Waals surface area contributed by atoms with Crippen molar-refractivity contribution < 1.29 is 89.7 Å². The average Bonchev–Trinajstić information content (AvgIpc) is 2.93. The lowest BCUT2D eigenvalue weighted by Gasteiger charge is -2.43. The molecule has 18 heteroatoms. The van der Waals surface area contributed by atoms with Crippen molar-refractivity contribution in [2.45, 2.75) is 98.2 Å². The third-order valence-corrected chi connectivity index (χ3v) is 6.70. The van der Waals surface area contributed by atoms with Gasteiger partial charge in [-0.05, 0) is 0 Å². The summed E-state index contributed by atoms with van der Waals surface area (Å²) in [5.74, 6) is 0. The number of hydrogen-bond donors (Lipinski definition) is 12. The molecule has 230 valence electrons. The molecule has 0 aromatic carbocycles. The number of aliphatic hydroxyl groups is 12. The maximum absolute atomic E-state index is 10.3. The standard InChI is InChI=1S/C21H38O18/c22-1-6(24)3-34-19-17(32)14(29)11(26)8(38-19)5-36-21-18(33)15(30)12(27)9(39-21)4-35-20-16(31)13(28)10(25)7(2-23)37-20/h6-33H,1-5H2/t6?,7-,8-,9-,10-,11-,12+,13+,14+,15+,16-,17-,18-,19+,20+,21+/m1/s1. The summed E-state index contributed by atoms with van der Waals surface area (Å²) in [6.07, 6.45) is -25.8. The topological polar surface area (TPSA) is 298 Å². The molecule has 0 bridgehead atoms. The second-order valence-electron chi connectivity index (χ2n) is 9.56. The summed E-state index contributed by atoms with van der Waals surface area (Å²) in [5, 5.41) is 119. The van der Waals surface area contributed by atoms with Crippen molar-refractivity contribution >= 4 is 0 Å². The second-order valence-corrected chi connectivity index (χ2v) is 9.56. The van der Waals surface area contributed by atoms with Gasteiger partial charge < -0.3 is 89.7 Å². The Bertz CT molecular complexity index is 731. The number of aliphatic hydroxyl groups excluding tert-OH is 12. The lowest BCUT2D eigenvalue weighted by atomic mass is 9.98. The molecule has 0 spiro atoms. The molecular weight excluding hydrogens is 540 g/mol. The van der Waals surface area contributed by atoms with Crippen LogP contribution in [0.5, 0.6) is 0 Å². The first-order valence-corrected chi connectivity index (χ1v) is 12.2. The summed E-state index contributed by atoms with van der Waals surface area (Å²) in [5.41, 5.74) is 0. The number of rotatable bonds is 11. The molecule has 39 heavy (non-hydrogen) atoms. The summed E-state index contributed by atoms with van der Waals surface area (Å²) in [6.45, 7) is -3.02. The average molecular weight is 579 g/mol. The minimum Gasteiger partial charge on any atom is -0.394 e. The van der Waals surface area contributed by atoms with Gasteiger partial charge in [0.2, 0.25) is 0 Å². The summed E-state index contributed by atoms with van der Waals surface area (Å²) in [7, 11) is 0. The van der Waals surface area contributed by atoms with Crippen molar-refractivity contribution in [2.75, 3.05) is 33.0 Å². The lowest BCUT2D eigenvalue weighted by molar-refractivity contribution is -0.343. The van der Waals surface area contributed by atoms with E-state index >= 15 is 0 Å². The van der Waals surface area contributed by atoms with Crippen LogP contribution in [-0.4, -0.2) is 193 Å². The Morgan fingerprint density at radius 3 is 1.23 bits per heavy atom. The van der Waals surface area contributed by atoms with Crippen LogP contribution in [-0.2, 0) is 28.4 Å². The van der Waals surface area contributed by atoms with Gasteiger partial charge in [-0.3, -0.25) is 0 Å². The van der Waals surface area contributed by atoms with E-state index in [1.807, 2.05) is 0 Å². The minimum absolute atomic E-state index is 0.473. The Morgan fingerprint density at radius 2 is 0.846 bits per heavy atom. The SMILES string of the molecule is OCC(O)CO[C@H]1O[C@H](CO[C@H]2O[C@H](CO[C@H]3O[C@H](CO)[C@@H](O)[C@H](O)[C@H]3O)[C@H](O)[C@H](O)[C@H]2O)[C@@H](O)[C@H](O)[C@H]1O. The van der Waals surface area contributed by atoms with Crippen LogP contribution in [0.1, 0.15) is 0 Å².